The number of rotatable bonds is 4. The van der Waals surface area contributed by atoms with Crippen LogP contribution in [0.25, 0.3) is 16.6 Å². The Kier molecular flexibility index (Phi) is 6.01. The van der Waals surface area contributed by atoms with Gasteiger partial charge in [-0.1, -0.05) is 0 Å². The molecule has 0 saturated carbocycles. The molecule has 2 aliphatic heterocycles. The summed E-state index contributed by atoms with van der Waals surface area (Å²) in [6.07, 6.45) is 1.08. The highest BCUT2D eigenvalue weighted by Gasteiger charge is 2.38. The molecule has 0 spiro atoms. The first-order valence-electron chi connectivity index (χ1n) is 12.8. The van der Waals surface area contributed by atoms with Crippen molar-refractivity contribution in [2.45, 2.75) is 19.0 Å². The van der Waals surface area contributed by atoms with Crippen molar-refractivity contribution in [1.82, 2.24) is 19.4 Å². The second-order valence-electron chi connectivity index (χ2n) is 10.2. The van der Waals surface area contributed by atoms with Crippen molar-refractivity contribution in [3.63, 3.8) is 0 Å². The summed E-state index contributed by atoms with van der Waals surface area (Å²) in [7, 11) is 0. The molecule has 6 nitrogen and oxygen atoms in total. The number of carbonyl (C=O) groups excluding carboxylic acids is 2. The van der Waals surface area contributed by atoms with E-state index in [0.717, 1.165) is 62.1 Å². The van der Waals surface area contributed by atoms with Crippen molar-refractivity contribution in [2.24, 2.45) is 11.8 Å². The van der Waals surface area contributed by atoms with Crippen LogP contribution < -0.4 is 0 Å². The predicted molar refractivity (Wildman–Crippen MR) is 137 cm³/mol. The SMILES string of the molecule is O=C(c1ccc2c(ccn2-c2ccc(C(F)(F)F)cc2)c1)N1CC(C2CCN(C(=O)c3ccc[nH]3)CC2)C1. The van der Waals surface area contributed by atoms with Crippen LogP contribution in [0.15, 0.2) is 73.1 Å². The van der Waals surface area contributed by atoms with Gasteiger partial charge in [0.15, 0.2) is 0 Å². The first kappa shape index (κ1) is 24.3. The highest BCUT2D eigenvalue weighted by molar-refractivity contribution is 5.99. The van der Waals surface area contributed by atoms with E-state index in [-0.39, 0.29) is 11.8 Å². The predicted octanol–water partition coefficient (Wildman–Crippen LogP) is 5.60. The van der Waals surface area contributed by atoms with Crippen LogP contribution in [0.4, 0.5) is 13.2 Å². The topological polar surface area (TPSA) is 61.3 Å². The molecule has 2 fully saturated rings. The highest BCUT2D eigenvalue weighted by Crippen LogP contribution is 2.34. The number of amides is 2. The fourth-order valence-corrected chi connectivity index (χ4v) is 5.68. The van der Waals surface area contributed by atoms with E-state index < -0.39 is 11.7 Å². The lowest BCUT2D eigenvalue weighted by Gasteiger charge is -2.46. The average molecular weight is 521 g/mol. The van der Waals surface area contributed by atoms with Crippen molar-refractivity contribution in [3.05, 3.63) is 89.9 Å². The largest absolute Gasteiger partial charge is 0.416 e. The van der Waals surface area contributed by atoms with E-state index in [4.69, 9.17) is 0 Å². The third kappa shape index (κ3) is 4.46. The molecule has 4 heterocycles. The number of aromatic nitrogens is 2. The normalized spacial score (nSPS) is 17.1. The van der Waals surface area contributed by atoms with E-state index in [2.05, 4.69) is 4.98 Å². The Morgan fingerprint density at radius 1 is 0.842 bits per heavy atom. The molecule has 0 atom stereocenters. The molecule has 2 amide bonds. The van der Waals surface area contributed by atoms with Gasteiger partial charge < -0.3 is 19.4 Å². The summed E-state index contributed by atoms with van der Waals surface area (Å²) >= 11 is 0. The molecule has 4 aromatic rings. The van der Waals surface area contributed by atoms with Crippen molar-refractivity contribution in [1.29, 1.82) is 0 Å². The van der Waals surface area contributed by atoms with E-state index in [1.54, 1.807) is 24.5 Å². The second-order valence-corrected chi connectivity index (χ2v) is 10.2. The number of alkyl halides is 3. The van der Waals surface area contributed by atoms with Crippen molar-refractivity contribution < 1.29 is 22.8 Å². The van der Waals surface area contributed by atoms with Gasteiger partial charge in [0.1, 0.15) is 5.69 Å². The van der Waals surface area contributed by atoms with Gasteiger partial charge in [-0.25, -0.2) is 0 Å². The van der Waals surface area contributed by atoms with Gasteiger partial charge in [-0.15, -0.1) is 0 Å². The lowest BCUT2D eigenvalue weighted by Crippen LogP contribution is -2.54. The summed E-state index contributed by atoms with van der Waals surface area (Å²) in [5.41, 5.74) is 1.99. The van der Waals surface area contributed by atoms with Crippen LogP contribution in [0, 0.1) is 11.8 Å². The molecule has 2 aromatic carbocycles. The smallest absolute Gasteiger partial charge is 0.357 e. The van der Waals surface area contributed by atoms with E-state index in [1.807, 2.05) is 38.6 Å². The minimum Gasteiger partial charge on any atom is -0.357 e. The molecule has 6 rings (SSSR count). The third-order valence-electron chi connectivity index (χ3n) is 7.93. The number of nitrogens with one attached hydrogen (secondary N) is 1. The number of hydrogen-bond acceptors (Lipinski definition) is 2. The Morgan fingerprint density at radius 2 is 1.58 bits per heavy atom. The Morgan fingerprint density at radius 3 is 2.24 bits per heavy atom. The zero-order chi connectivity index (χ0) is 26.4. The number of aromatic amines is 1. The number of H-pyrrole nitrogens is 1. The quantitative estimate of drug-likeness (QED) is 0.381. The summed E-state index contributed by atoms with van der Waals surface area (Å²) in [5.74, 6) is 0.990. The lowest BCUT2D eigenvalue weighted by molar-refractivity contribution is -0.137. The Balaban J connectivity index is 1.06. The molecule has 9 heteroatoms. The summed E-state index contributed by atoms with van der Waals surface area (Å²) < 4.78 is 40.5. The van der Waals surface area contributed by atoms with E-state index in [1.165, 1.54) is 12.1 Å². The zero-order valence-electron chi connectivity index (χ0n) is 20.6. The number of hydrogen-bond donors (Lipinski definition) is 1. The molecule has 2 aliphatic rings. The molecular weight excluding hydrogens is 493 g/mol. The molecule has 2 aromatic heterocycles. The van der Waals surface area contributed by atoms with Gasteiger partial charge in [-0.05, 0) is 85.3 Å². The van der Waals surface area contributed by atoms with Gasteiger partial charge in [-0.2, -0.15) is 13.2 Å². The van der Waals surface area contributed by atoms with Crippen molar-refractivity contribution in [3.8, 4) is 5.69 Å². The monoisotopic (exact) mass is 520 g/mol. The molecule has 0 aliphatic carbocycles. The van der Waals surface area contributed by atoms with E-state index in [0.29, 0.717) is 28.8 Å². The molecule has 38 heavy (non-hydrogen) atoms. The Hall–Kier alpha value is -4.01. The first-order valence-corrected chi connectivity index (χ1v) is 12.8. The van der Waals surface area contributed by atoms with Crippen molar-refractivity contribution in [2.75, 3.05) is 26.2 Å². The summed E-state index contributed by atoms with van der Waals surface area (Å²) in [6, 6.07) is 16.0. The minimum absolute atomic E-state index is 0.00945. The van der Waals surface area contributed by atoms with Crippen LogP contribution in [0.2, 0.25) is 0 Å². The summed E-state index contributed by atoms with van der Waals surface area (Å²) in [5, 5.41) is 0.854. The van der Waals surface area contributed by atoms with Crippen LogP contribution in [0.1, 0.15) is 39.3 Å². The number of piperidine rings is 1. The lowest BCUT2D eigenvalue weighted by atomic mass is 9.79. The summed E-state index contributed by atoms with van der Waals surface area (Å²) in [4.78, 5) is 32.4. The molecule has 1 N–H and O–H groups in total. The molecule has 0 bridgehead atoms. The van der Waals surface area contributed by atoms with Crippen LogP contribution in [-0.4, -0.2) is 57.3 Å². The molecular formula is C29H27F3N4O2. The number of likely N-dealkylation sites (tertiary alicyclic amines) is 2. The van der Waals surface area contributed by atoms with Gasteiger partial charge in [-0.3, -0.25) is 9.59 Å². The standard InChI is InChI=1S/C29H27F3N4O2/c30-29(31,32)23-4-6-24(7-5-23)36-15-11-20-16-21(3-8-26(20)36)27(37)35-17-22(18-35)19-9-13-34(14-10-19)28(38)25-2-1-12-33-25/h1-8,11-12,15-16,19,22,33H,9-10,13-14,17-18H2. The Labute approximate surface area is 217 Å². The van der Waals surface area contributed by atoms with Gasteiger partial charge in [0.25, 0.3) is 11.8 Å². The summed E-state index contributed by atoms with van der Waals surface area (Å²) in [6.45, 7) is 2.91. The maximum atomic E-state index is 13.1. The van der Waals surface area contributed by atoms with Crippen LogP contribution in [0.3, 0.4) is 0 Å². The number of halogens is 3. The van der Waals surface area contributed by atoms with E-state index in [9.17, 15) is 22.8 Å². The number of carbonyl (C=O) groups is 2. The van der Waals surface area contributed by atoms with E-state index >= 15 is 0 Å². The first-order chi connectivity index (χ1) is 18.3. The maximum absolute atomic E-state index is 13.1. The number of benzene rings is 2. The Bertz CT molecular complexity index is 1460. The van der Waals surface area contributed by atoms with Crippen LogP contribution in [0.5, 0.6) is 0 Å². The van der Waals surface area contributed by atoms with Crippen LogP contribution >= 0.6 is 0 Å². The fraction of sp³-hybridized carbons (Fsp3) is 0.310. The van der Waals surface area contributed by atoms with Crippen LogP contribution in [-0.2, 0) is 6.18 Å². The third-order valence-corrected chi connectivity index (χ3v) is 7.93. The zero-order valence-corrected chi connectivity index (χ0v) is 20.6. The number of nitrogens with zero attached hydrogens (tertiary/aromatic N) is 3. The average Bonchev–Trinajstić information content (AvgIpc) is 3.57. The van der Waals surface area contributed by atoms with Gasteiger partial charge in [0.05, 0.1) is 11.1 Å². The van der Waals surface area contributed by atoms with Crippen molar-refractivity contribution >= 4 is 22.7 Å². The maximum Gasteiger partial charge on any atom is 0.416 e. The van der Waals surface area contributed by atoms with Gasteiger partial charge >= 0.3 is 6.18 Å². The molecule has 196 valence electrons. The highest BCUT2D eigenvalue weighted by atomic mass is 19.4. The van der Waals surface area contributed by atoms with Gasteiger partial charge in [0, 0.05) is 55.2 Å². The molecule has 0 radical (unpaired) electrons. The molecule has 0 unspecified atom stereocenters. The number of fused-ring (bicyclic) bond motifs is 1. The second kappa shape index (κ2) is 9.38. The fourth-order valence-electron chi connectivity index (χ4n) is 5.68. The van der Waals surface area contributed by atoms with Gasteiger partial charge in [0.2, 0.25) is 0 Å². The molecule has 2 saturated heterocycles. The minimum atomic E-state index is -4.37.